The van der Waals surface area contributed by atoms with Gasteiger partial charge in [0.1, 0.15) is 0 Å². The van der Waals surface area contributed by atoms with Gasteiger partial charge in [-0.2, -0.15) is 5.10 Å². The van der Waals surface area contributed by atoms with Gasteiger partial charge in [-0.15, -0.1) is 0 Å². The zero-order valence-corrected chi connectivity index (χ0v) is 16.1. The topological polar surface area (TPSA) is 81.4 Å². The number of nitrogens with zero attached hydrogens (tertiary/aromatic N) is 4. The van der Waals surface area contributed by atoms with Crippen molar-refractivity contribution in [3.63, 3.8) is 0 Å². The average Bonchev–Trinajstić information content (AvgIpc) is 3.38. The molecule has 1 aliphatic rings. The minimum atomic E-state index is -0.146. The summed E-state index contributed by atoms with van der Waals surface area (Å²) < 4.78 is 7.40. The first-order valence-electron chi connectivity index (χ1n) is 9.71. The summed E-state index contributed by atoms with van der Waals surface area (Å²) >= 11 is 0. The van der Waals surface area contributed by atoms with Gasteiger partial charge in [0, 0.05) is 29.8 Å². The van der Waals surface area contributed by atoms with Gasteiger partial charge in [0.2, 0.25) is 0 Å². The second-order valence-corrected chi connectivity index (χ2v) is 7.43. The van der Waals surface area contributed by atoms with Crippen LogP contribution in [0, 0.1) is 12.8 Å². The van der Waals surface area contributed by atoms with Crippen molar-refractivity contribution in [1.29, 1.82) is 0 Å². The number of carbonyl (C=O) groups is 1. The van der Waals surface area contributed by atoms with Gasteiger partial charge in [0.15, 0.2) is 5.65 Å². The molecule has 7 nitrogen and oxygen atoms in total. The van der Waals surface area contributed by atoms with Crippen molar-refractivity contribution in [2.24, 2.45) is 5.92 Å². The van der Waals surface area contributed by atoms with Crippen molar-refractivity contribution in [3.8, 4) is 0 Å². The number of benzene rings is 1. The molecule has 29 heavy (non-hydrogen) atoms. The molecule has 1 aliphatic heterocycles. The molecular formula is C22H21N5O2. The predicted octanol–water partition coefficient (Wildman–Crippen LogP) is 2.57. The number of amides is 1. The Morgan fingerprint density at radius 3 is 3.00 bits per heavy atom. The van der Waals surface area contributed by atoms with E-state index in [1.807, 2.05) is 37.4 Å². The highest BCUT2D eigenvalue weighted by molar-refractivity contribution is 5.95. The van der Waals surface area contributed by atoms with Crippen molar-refractivity contribution in [2.75, 3.05) is 13.2 Å². The Balaban J connectivity index is 1.36. The third kappa shape index (κ3) is 3.23. The summed E-state index contributed by atoms with van der Waals surface area (Å²) in [5.74, 6) is 0.0546. The lowest BCUT2D eigenvalue weighted by Gasteiger charge is -2.20. The lowest BCUT2D eigenvalue weighted by Crippen LogP contribution is -2.41. The van der Waals surface area contributed by atoms with Crippen LogP contribution in [0.5, 0.6) is 0 Å². The van der Waals surface area contributed by atoms with E-state index in [1.54, 1.807) is 16.9 Å². The minimum absolute atomic E-state index is 0.0536. The quantitative estimate of drug-likeness (QED) is 0.582. The number of hydrogen-bond donors (Lipinski definition) is 1. The molecule has 1 N–H and O–H groups in total. The van der Waals surface area contributed by atoms with E-state index in [0.29, 0.717) is 18.8 Å². The molecule has 1 fully saturated rings. The lowest BCUT2D eigenvalue weighted by molar-refractivity contribution is 0.0923. The molecule has 3 aromatic heterocycles. The van der Waals surface area contributed by atoms with E-state index in [4.69, 9.17) is 4.74 Å². The SMILES string of the molecule is Cc1c(C(=O)N[C@@H]2COC[C@H]2Cc2ccnc3ccccc23)cnc2ccnn12. The molecule has 5 rings (SSSR count). The first-order valence-corrected chi connectivity index (χ1v) is 9.71. The number of nitrogens with one attached hydrogen (secondary N) is 1. The molecule has 0 radical (unpaired) electrons. The third-order valence-corrected chi connectivity index (χ3v) is 5.64. The van der Waals surface area contributed by atoms with Gasteiger partial charge in [-0.1, -0.05) is 18.2 Å². The van der Waals surface area contributed by atoms with Crippen LogP contribution in [0.2, 0.25) is 0 Å². The standard InChI is InChI=1S/C22H21N5O2/c1-14-18(11-24-21-7-9-25-27(14)21)22(28)26-20-13-29-12-16(20)10-15-6-8-23-19-5-3-2-4-17(15)19/h2-9,11,16,20H,10,12-13H2,1H3,(H,26,28)/t16-,20-/m1/s1. The molecule has 7 heteroatoms. The Kier molecular flexibility index (Phi) is 4.44. The number of rotatable bonds is 4. The van der Waals surface area contributed by atoms with Gasteiger partial charge in [0.05, 0.1) is 42.2 Å². The van der Waals surface area contributed by atoms with Crippen LogP contribution in [0.4, 0.5) is 0 Å². The van der Waals surface area contributed by atoms with Crippen molar-refractivity contribution in [3.05, 3.63) is 71.8 Å². The Morgan fingerprint density at radius 1 is 1.17 bits per heavy atom. The number of aryl methyl sites for hydroxylation is 1. The molecule has 146 valence electrons. The van der Waals surface area contributed by atoms with Crippen molar-refractivity contribution in [1.82, 2.24) is 24.9 Å². The van der Waals surface area contributed by atoms with Gasteiger partial charge in [-0.25, -0.2) is 9.50 Å². The monoisotopic (exact) mass is 387 g/mol. The molecule has 1 aromatic carbocycles. The fourth-order valence-electron chi connectivity index (χ4n) is 4.03. The van der Waals surface area contributed by atoms with E-state index in [-0.39, 0.29) is 17.9 Å². The minimum Gasteiger partial charge on any atom is -0.379 e. The third-order valence-electron chi connectivity index (χ3n) is 5.64. The Bertz CT molecular complexity index is 1200. The first-order chi connectivity index (χ1) is 14.2. The summed E-state index contributed by atoms with van der Waals surface area (Å²) in [6, 6.07) is 11.9. The number of hydrogen-bond acceptors (Lipinski definition) is 5. The summed E-state index contributed by atoms with van der Waals surface area (Å²) in [6.45, 7) is 3.01. The van der Waals surface area contributed by atoms with Crippen molar-refractivity contribution in [2.45, 2.75) is 19.4 Å². The summed E-state index contributed by atoms with van der Waals surface area (Å²) in [5.41, 5.74) is 4.24. The van der Waals surface area contributed by atoms with Crippen LogP contribution >= 0.6 is 0 Å². The Hall–Kier alpha value is -3.32. The van der Waals surface area contributed by atoms with Crippen molar-refractivity contribution >= 4 is 22.5 Å². The normalized spacial score (nSPS) is 19.1. The second-order valence-electron chi connectivity index (χ2n) is 7.43. The summed E-state index contributed by atoms with van der Waals surface area (Å²) in [4.78, 5) is 21.7. The van der Waals surface area contributed by atoms with Crippen LogP contribution in [-0.4, -0.2) is 44.7 Å². The lowest BCUT2D eigenvalue weighted by atomic mass is 9.93. The van der Waals surface area contributed by atoms with Gasteiger partial charge in [0.25, 0.3) is 5.91 Å². The van der Waals surface area contributed by atoms with Gasteiger partial charge in [-0.05, 0) is 31.0 Å². The highest BCUT2D eigenvalue weighted by Crippen LogP contribution is 2.24. The molecule has 0 saturated carbocycles. The molecule has 0 spiro atoms. The van der Waals surface area contributed by atoms with Gasteiger partial charge < -0.3 is 10.1 Å². The fraction of sp³-hybridized carbons (Fsp3) is 0.273. The molecule has 0 bridgehead atoms. The number of fused-ring (bicyclic) bond motifs is 2. The van der Waals surface area contributed by atoms with Crippen molar-refractivity contribution < 1.29 is 9.53 Å². The maximum Gasteiger partial charge on any atom is 0.255 e. The van der Waals surface area contributed by atoms with E-state index in [9.17, 15) is 4.79 Å². The first kappa shape index (κ1) is 17.8. The van der Waals surface area contributed by atoms with Crippen LogP contribution in [0.15, 0.2) is 55.0 Å². The fourth-order valence-corrected chi connectivity index (χ4v) is 4.03. The highest BCUT2D eigenvalue weighted by atomic mass is 16.5. The smallest absolute Gasteiger partial charge is 0.255 e. The molecule has 0 aliphatic carbocycles. The molecule has 4 heterocycles. The van der Waals surface area contributed by atoms with Crippen LogP contribution in [-0.2, 0) is 11.2 Å². The van der Waals surface area contributed by atoms with Crippen LogP contribution < -0.4 is 5.32 Å². The highest BCUT2D eigenvalue weighted by Gasteiger charge is 2.31. The number of pyridine rings is 1. The van der Waals surface area contributed by atoms with E-state index in [2.05, 4.69) is 32.5 Å². The maximum atomic E-state index is 12.9. The second kappa shape index (κ2) is 7.25. The molecule has 4 aromatic rings. The molecule has 1 amide bonds. The number of aromatic nitrogens is 4. The number of carbonyl (C=O) groups excluding carboxylic acids is 1. The van der Waals surface area contributed by atoms with Crippen LogP contribution in [0.3, 0.4) is 0 Å². The Labute approximate surface area is 167 Å². The van der Waals surface area contributed by atoms with Crippen LogP contribution in [0.1, 0.15) is 21.6 Å². The summed E-state index contributed by atoms with van der Waals surface area (Å²) in [6.07, 6.45) is 5.96. The predicted molar refractivity (Wildman–Crippen MR) is 109 cm³/mol. The molecular weight excluding hydrogens is 366 g/mol. The van der Waals surface area contributed by atoms with Gasteiger partial charge >= 0.3 is 0 Å². The average molecular weight is 387 g/mol. The molecule has 1 saturated heterocycles. The molecule has 2 atom stereocenters. The largest absolute Gasteiger partial charge is 0.379 e. The summed E-state index contributed by atoms with van der Waals surface area (Å²) in [5, 5.41) is 8.54. The maximum absolute atomic E-state index is 12.9. The number of para-hydroxylation sites is 1. The zero-order valence-electron chi connectivity index (χ0n) is 16.1. The number of ether oxygens (including phenoxy) is 1. The van der Waals surface area contributed by atoms with Crippen LogP contribution in [0.25, 0.3) is 16.6 Å². The van der Waals surface area contributed by atoms with Gasteiger partial charge in [-0.3, -0.25) is 9.78 Å². The Morgan fingerprint density at radius 2 is 2.07 bits per heavy atom. The summed E-state index contributed by atoms with van der Waals surface area (Å²) in [7, 11) is 0. The molecule has 0 unspecified atom stereocenters. The van der Waals surface area contributed by atoms with E-state index < -0.39 is 0 Å². The van der Waals surface area contributed by atoms with E-state index >= 15 is 0 Å². The van der Waals surface area contributed by atoms with E-state index in [0.717, 1.165) is 28.7 Å². The zero-order chi connectivity index (χ0) is 19.8. The van der Waals surface area contributed by atoms with E-state index in [1.165, 1.54) is 5.56 Å².